The van der Waals surface area contributed by atoms with E-state index in [4.69, 9.17) is 0 Å². The van der Waals surface area contributed by atoms with Crippen LogP contribution in [-0.2, 0) is 5.60 Å². The fourth-order valence-electron chi connectivity index (χ4n) is 3.31. The third-order valence-electron chi connectivity index (χ3n) is 4.66. The van der Waals surface area contributed by atoms with Crippen molar-refractivity contribution < 1.29 is 5.11 Å². The topological polar surface area (TPSA) is 23.5 Å². The van der Waals surface area contributed by atoms with Gasteiger partial charge >= 0.3 is 0 Å². The number of nitrogens with zero attached hydrogens (tertiary/aromatic N) is 1. The fraction of sp³-hybridized carbons (Fsp3) is 0.400. The third kappa shape index (κ3) is 4.23. The quantitative estimate of drug-likeness (QED) is 0.830. The van der Waals surface area contributed by atoms with Crippen molar-refractivity contribution in [3.05, 3.63) is 58.6 Å². The van der Waals surface area contributed by atoms with Crippen molar-refractivity contribution in [3.63, 3.8) is 0 Å². The maximum Gasteiger partial charge on any atom is 0.0994 e. The van der Waals surface area contributed by atoms with E-state index < -0.39 is 5.60 Å². The van der Waals surface area contributed by atoms with Crippen LogP contribution in [0.1, 0.15) is 31.7 Å². The molecule has 0 aromatic heterocycles. The molecule has 0 bridgehead atoms. The molecular weight excluding hydrogens is 350 g/mol. The van der Waals surface area contributed by atoms with E-state index in [-0.39, 0.29) is 0 Å². The summed E-state index contributed by atoms with van der Waals surface area (Å²) in [6, 6.07) is 16.6. The Balaban J connectivity index is 1.73. The van der Waals surface area contributed by atoms with E-state index in [1.54, 1.807) is 0 Å². The lowest BCUT2D eigenvalue weighted by Crippen LogP contribution is -2.41. The average molecular weight is 374 g/mol. The maximum absolute atomic E-state index is 10.9. The molecular formula is C20H24BrNO. The van der Waals surface area contributed by atoms with E-state index in [1.807, 2.05) is 6.92 Å². The number of likely N-dealkylation sites (tertiary alicyclic amines) is 1. The number of β-amino-alcohol motifs (C(OH)–C–C–N with tert-alkyl or cyclic N) is 1. The molecule has 1 N–H and O–H groups in total. The molecule has 2 aromatic rings. The van der Waals surface area contributed by atoms with Gasteiger partial charge in [-0.25, -0.2) is 0 Å². The summed E-state index contributed by atoms with van der Waals surface area (Å²) in [7, 11) is 0. The van der Waals surface area contributed by atoms with Crippen LogP contribution in [0.4, 0.5) is 0 Å². The number of halogens is 1. The van der Waals surface area contributed by atoms with E-state index in [0.29, 0.717) is 6.54 Å². The Kier molecular flexibility index (Phi) is 5.20. The molecule has 0 saturated carbocycles. The monoisotopic (exact) mass is 373 g/mol. The number of hydrogen-bond donors (Lipinski definition) is 1. The van der Waals surface area contributed by atoms with Crippen molar-refractivity contribution in [3.8, 4) is 11.1 Å². The highest BCUT2D eigenvalue weighted by molar-refractivity contribution is 9.10. The predicted octanol–water partition coefficient (Wildman–Crippen LogP) is 4.81. The summed E-state index contributed by atoms with van der Waals surface area (Å²) >= 11 is 3.47. The first kappa shape index (κ1) is 16.7. The summed E-state index contributed by atoms with van der Waals surface area (Å²) < 4.78 is 1.09. The Labute approximate surface area is 147 Å². The first-order chi connectivity index (χ1) is 11.0. The number of rotatable bonds is 4. The second-order valence-corrected chi connectivity index (χ2v) is 7.61. The van der Waals surface area contributed by atoms with Gasteiger partial charge in [0.1, 0.15) is 0 Å². The summed E-state index contributed by atoms with van der Waals surface area (Å²) in [6.07, 6.45) is 3.82. The molecule has 1 unspecified atom stereocenters. The lowest BCUT2D eigenvalue weighted by atomic mass is 9.92. The Morgan fingerprint density at radius 3 is 2.00 bits per heavy atom. The van der Waals surface area contributed by atoms with Crippen LogP contribution >= 0.6 is 15.9 Å². The Hall–Kier alpha value is -1.16. The van der Waals surface area contributed by atoms with Crippen molar-refractivity contribution in [2.75, 3.05) is 19.6 Å². The molecule has 3 heteroatoms. The molecule has 2 aromatic carbocycles. The second-order valence-electron chi connectivity index (χ2n) is 6.69. The molecule has 1 heterocycles. The molecule has 1 fully saturated rings. The van der Waals surface area contributed by atoms with Gasteiger partial charge in [-0.1, -0.05) is 58.7 Å². The predicted molar refractivity (Wildman–Crippen MR) is 99.4 cm³/mol. The number of piperidine rings is 1. The molecule has 1 saturated heterocycles. The first-order valence-corrected chi connectivity index (χ1v) is 9.15. The smallest absolute Gasteiger partial charge is 0.0994 e. The summed E-state index contributed by atoms with van der Waals surface area (Å²) in [6.45, 7) is 4.85. The molecule has 0 aliphatic carbocycles. The van der Waals surface area contributed by atoms with Gasteiger partial charge in [-0.2, -0.15) is 0 Å². The van der Waals surface area contributed by atoms with Crippen LogP contribution < -0.4 is 0 Å². The van der Waals surface area contributed by atoms with Gasteiger partial charge in [0.15, 0.2) is 0 Å². The molecule has 122 valence electrons. The normalized spacial score (nSPS) is 18.6. The highest BCUT2D eigenvalue weighted by Gasteiger charge is 2.26. The van der Waals surface area contributed by atoms with E-state index in [9.17, 15) is 5.11 Å². The fourth-order valence-corrected chi connectivity index (χ4v) is 3.57. The second kappa shape index (κ2) is 7.16. The molecule has 0 spiro atoms. The van der Waals surface area contributed by atoms with Gasteiger partial charge in [-0.3, -0.25) is 0 Å². The van der Waals surface area contributed by atoms with Crippen molar-refractivity contribution in [1.29, 1.82) is 0 Å². The van der Waals surface area contributed by atoms with E-state index in [0.717, 1.165) is 23.1 Å². The molecule has 1 atom stereocenters. The summed E-state index contributed by atoms with van der Waals surface area (Å²) in [5.74, 6) is 0. The number of benzene rings is 2. The van der Waals surface area contributed by atoms with Gasteiger partial charge in [-0.15, -0.1) is 0 Å². The van der Waals surface area contributed by atoms with Crippen molar-refractivity contribution in [1.82, 2.24) is 4.90 Å². The number of hydrogen-bond acceptors (Lipinski definition) is 2. The van der Waals surface area contributed by atoms with Crippen LogP contribution in [0, 0.1) is 0 Å². The van der Waals surface area contributed by atoms with Crippen LogP contribution in [0.3, 0.4) is 0 Å². The zero-order valence-electron chi connectivity index (χ0n) is 13.6. The van der Waals surface area contributed by atoms with Crippen molar-refractivity contribution in [2.45, 2.75) is 31.8 Å². The summed E-state index contributed by atoms with van der Waals surface area (Å²) in [5, 5.41) is 10.9. The van der Waals surface area contributed by atoms with Gasteiger partial charge in [-0.05, 0) is 61.7 Å². The summed E-state index contributed by atoms with van der Waals surface area (Å²) in [4.78, 5) is 2.38. The minimum atomic E-state index is -0.796. The van der Waals surface area contributed by atoms with Crippen LogP contribution in [0.5, 0.6) is 0 Å². The van der Waals surface area contributed by atoms with Gasteiger partial charge < -0.3 is 10.0 Å². The van der Waals surface area contributed by atoms with Crippen molar-refractivity contribution in [2.24, 2.45) is 0 Å². The minimum absolute atomic E-state index is 0.713. The molecule has 1 aliphatic heterocycles. The largest absolute Gasteiger partial charge is 0.384 e. The van der Waals surface area contributed by atoms with Gasteiger partial charge in [0, 0.05) is 11.0 Å². The molecule has 1 aliphatic rings. The third-order valence-corrected chi connectivity index (χ3v) is 5.19. The van der Waals surface area contributed by atoms with Gasteiger partial charge in [0.25, 0.3) is 0 Å². The van der Waals surface area contributed by atoms with Crippen LogP contribution in [0.25, 0.3) is 11.1 Å². The summed E-state index contributed by atoms with van der Waals surface area (Å²) in [5.41, 5.74) is 2.56. The lowest BCUT2D eigenvalue weighted by Gasteiger charge is -2.34. The highest BCUT2D eigenvalue weighted by atomic mass is 79.9. The maximum atomic E-state index is 10.9. The van der Waals surface area contributed by atoms with Crippen LogP contribution in [0.2, 0.25) is 0 Å². The highest BCUT2D eigenvalue weighted by Crippen LogP contribution is 2.27. The number of aliphatic hydroxyl groups is 1. The molecule has 3 rings (SSSR count). The SMILES string of the molecule is CC(O)(CN1CCCCC1)c1ccc(-c2ccc(Br)cc2)cc1. The van der Waals surface area contributed by atoms with Crippen LogP contribution in [-0.4, -0.2) is 29.6 Å². The van der Waals surface area contributed by atoms with Gasteiger partial charge in [0.2, 0.25) is 0 Å². The molecule has 0 radical (unpaired) electrons. The van der Waals surface area contributed by atoms with E-state index in [1.165, 1.54) is 30.4 Å². The van der Waals surface area contributed by atoms with E-state index >= 15 is 0 Å². The molecule has 23 heavy (non-hydrogen) atoms. The standard InChI is InChI=1S/C20H24BrNO/c1-20(23,15-22-13-3-2-4-14-22)18-9-5-16(6-10-18)17-7-11-19(21)12-8-17/h5-12,23H,2-4,13-15H2,1H3. The molecule has 0 amide bonds. The van der Waals surface area contributed by atoms with Crippen molar-refractivity contribution >= 4 is 15.9 Å². The zero-order chi connectivity index (χ0) is 16.3. The first-order valence-electron chi connectivity index (χ1n) is 8.36. The van der Waals surface area contributed by atoms with E-state index in [2.05, 4.69) is 69.4 Å². The average Bonchev–Trinajstić information content (AvgIpc) is 2.56. The minimum Gasteiger partial charge on any atom is -0.384 e. The van der Waals surface area contributed by atoms with Crippen LogP contribution in [0.15, 0.2) is 53.0 Å². The van der Waals surface area contributed by atoms with Gasteiger partial charge in [0.05, 0.1) is 5.60 Å². The zero-order valence-corrected chi connectivity index (χ0v) is 15.2. The lowest BCUT2D eigenvalue weighted by molar-refractivity contribution is 0.0105. The Morgan fingerprint density at radius 1 is 0.913 bits per heavy atom. The Morgan fingerprint density at radius 2 is 1.43 bits per heavy atom. The molecule has 2 nitrogen and oxygen atoms in total. The Bertz CT molecular complexity index is 628.